The van der Waals surface area contributed by atoms with E-state index in [9.17, 15) is 4.79 Å². The van der Waals surface area contributed by atoms with Crippen molar-refractivity contribution in [1.82, 2.24) is 9.97 Å². The van der Waals surface area contributed by atoms with Crippen molar-refractivity contribution in [2.45, 2.75) is 32.2 Å². The molecule has 1 spiro atoms. The molecule has 3 aromatic rings. The van der Waals surface area contributed by atoms with E-state index in [-0.39, 0.29) is 28.8 Å². The molecule has 1 aliphatic heterocycles. The number of carbonyl (C=O) groups excluding carboxylic acids is 1. The van der Waals surface area contributed by atoms with E-state index in [1.165, 1.54) is 18.1 Å². The van der Waals surface area contributed by atoms with Crippen molar-refractivity contribution >= 4 is 40.6 Å². The summed E-state index contributed by atoms with van der Waals surface area (Å²) in [5, 5.41) is 0.719. The Hall–Kier alpha value is -2.67. The van der Waals surface area contributed by atoms with Crippen molar-refractivity contribution in [2.24, 2.45) is 11.1 Å². The van der Waals surface area contributed by atoms with Gasteiger partial charge in [-0.1, -0.05) is 59.6 Å². The van der Waals surface area contributed by atoms with Crippen molar-refractivity contribution in [3.8, 4) is 11.3 Å². The first kappa shape index (κ1) is 22.1. The van der Waals surface area contributed by atoms with Crippen LogP contribution in [0.15, 0.2) is 42.5 Å². The van der Waals surface area contributed by atoms with Crippen molar-refractivity contribution < 1.29 is 4.79 Å². The second-order valence-corrected chi connectivity index (χ2v) is 9.78. The van der Waals surface area contributed by atoms with Crippen LogP contribution in [0.5, 0.6) is 0 Å². The fraction of sp³-hybridized carbons (Fsp3) is 0.320. The Morgan fingerprint density at radius 3 is 2.52 bits per heavy atom. The largest absolute Gasteiger partial charge is 0.382 e. The van der Waals surface area contributed by atoms with Gasteiger partial charge in [-0.25, -0.2) is 9.97 Å². The van der Waals surface area contributed by atoms with E-state index in [1.54, 1.807) is 18.2 Å². The molecule has 2 aliphatic rings. The number of benzene rings is 2. The molecular formula is C25H25Cl2N5O. The van der Waals surface area contributed by atoms with Gasteiger partial charge in [0.25, 0.3) is 0 Å². The van der Waals surface area contributed by atoms with Gasteiger partial charge >= 0.3 is 0 Å². The maximum atomic E-state index is 12.6. The molecule has 1 aromatic heterocycles. The highest BCUT2D eigenvalue weighted by atomic mass is 35.5. The molecule has 0 saturated carbocycles. The van der Waals surface area contributed by atoms with Crippen molar-refractivity contribution in [1.29, 1.82) is 0 Å². The number of anilines is 2. The molecule has 2 aromatic carbocycles. The van der Waals surface area contributed by atoms with Crippen LogP contribution in [0.3, 0.4) is 0 Å². The standard InChI is InChI=1S/C25H25Cl2N5O/c1-14(33)20-24(31-23(29)21(30-20)17-7-4-8-18(26)19(17)27)32-11-9-25(10-12-32)13-15-5-2-3-6-16(15)22(25)28/h2-8,22H,9-13,28H2,1H3,(H2,29,31)/t22-/m1/s1. The molecule has 1 atom stereocenters. The van der Waals surface area contributed by atoms with Gasteiger partial charge in [-0.05, 0) is 41.9 Å². The van der Waals surface area contributed by atoms with E-state index in [0.717, 1.165) is 32.4 Å². The number of carbonyl (C=O) groups is 1. The maximum Gasteiger partial charge on any atom is 0.181 e. The van der Waals surface area contributed by atoms with Crippen molar-refractivity contribution in [3.05, 3.63) is 69.3 Å². The Kier molecular flexibility index (Phi) is 5.55. The lowest BCUT2D eigenvalue weighted by Gasteiger charge is -2.42. The third-order valence-corrected chi connectivity index (χ3v) is 7.91. The number of Topliss-reactive ketones (excluding diaryl/α,β-unsaturated/α-hetero) is 1. The number of hydrogen-bond donors (Lipinski definition) is 2. The molecule has 1 aliphatic carbocycles. The summed E-state index contributed by atoms with van der Waals surface area (Å²) in [5.41, 5.74) is 16.8. The highest BCUT2D eigenvalue weighted by Gasteiger charge is 2.46. The minimum absolute atomic E-state index is 0.0200. The van der Waals surface area contributed by atoms with Crippen LogP contribution in [-0.4, -0.2) is 28.8 Å². The highest BCUT2D eigenvalue weighted by molar-refractivity contribution is 6.43. The molecule has 1 fully saturated rings. The van der Waals surface area contributed by atoms with Gasteiger partial charge in [0.1, 0.15) is 11.4 Å². The van der Waals surface area contributed by atoms with Crippen LogP contribution in [-0.2, 0) is 6.42 Å². The molecule has 0 bridgehead atoms. The summed E-state index contributed by atoms with van der Waals surface area (Å²) >= 11 is 12.5. The monoisotopic (exact) mass is 481 g/mol. The Morgan fingerprint density at radius 2 is 1.82 bits per heavy atom. The van der Waals surface area contributed by atoms with Gasteiger partial charge in [-0.3, -0.25) is 4.79 Å². The van der Waals surface area contributed by atoms with Crippen LogP contribution in [0.4, 0.5) is 11.6 Å². The molecule has 33 heavy (non-hydrogen) atoms. The van der Waals surface area contributed by atoms with Crippen molar-refractivity contribution in [3.63, 3.8) is 0 Å². The first-order chi connectivity index (χ1) is 15.8. The van der Waals surface area contributed by atoms with Gasteiger partial charge in [-0.2, -0.15) is 0 Å². The third-order valence-electron chi connectivity index (χ3n) is 7.10. The molecule has 0 radical (unpaired) electrons. The summed E-state index contributed by atoms with van der Waals surface area (Å²) in [4.78, 5) is 23.9. The topological polar surface area (TPSA) is 98.1 Å². The number of hydrogen-bond acceptors (Lipinski definition) is 6. The van der Waals surface area contributed by atoms with Crippen molar-refractivity contribution in [2.75, 3.05) is 23.7 Å². The van der Waals surface area contributed by atoms with Gasteiger partial charge in [0, 0.05) is 31.6 Å². The number of piperidine rings is 1. The zero-order chi connectivity index (χ0) is 23.3. The van der Waals surface area contributed by atoms with E-state index >= 15 is 0 Å². The van der Waals surface area contributed by atoms with E-state index in [1.807, 2.05) is 0 Å². The molecule has 0 unspecified atom stereocenters. The van der Waals surface area contributed by atoms with Crippen LogP contribution in [0.25, 0.3) is 11.3 Å². The number of aromatic nitrogens is 2. The second-order valence-electron chi connectivity index (χ2n) is 8.99. The van der Waals surface area contributed by atoms with E-state index in [2.05, 4.69) is 39.1 Å². The fourth-order valence-corrected chi connectivity index (χ4v) is 5.64. The minimum Gasteiger partial charge on any atom is -0.382 e. The number of fused-ring (bicyclic) bond motifs is 1. The molecular weight excluding hydrogens is 457 g/mol. The first-order valence-electron chi connectivity index (χ1n) is 11.0. The average Bonchev–Trinajstić information content (AvgIpc) is 3.07. The van der Waals surface area contributed by atoms with Crippen LogP contribution in [0.1, 0.15) is 47.4 Å². The van der Waals surface area contributed by atoms with Gasteiger partial charge in [-0.15, -0.1) is 0 Å². The quantitative estimate of drug-likeness (QED) is 0.506. The number of halogens is 2. The number of nitrogens with zero attached hydrogens (tertiary/aromatic N) is 3. The van der Waals surface area contributed by atoms with Gasteiger partial charge in [0.05, 0.1) is 10.0 Å². The van der Waals surface area contributed by atoms with Gasteiger partial charge < -0.3 is 16.4 Å². The molecule has 2 heterocycles. The second kappa shape index (κ2) is 8.28. The number of nitrogen functional groups attached to an aromatic ring is 1. The Balaban J connectivity index is 1.46. The van der Waals surface area contributed by atoms with Crippen LogP contribution >= 0.6 is 23.2 Å². The predicted octanol–water partition coefficient (Wildman–Crippen LogP) is 5.08. The smallest absolute Gasteiger partial charge is 0.181 e. The summed E-state index contributed by atoms with van der Waals surface area (Å²) in [5.74, 6) is 0.549. The maximum absolute atomic E-state index is 12.6. The molecule has 8 heteroatoms. The minimum atomic E-state index is -0.179. The normalized spacial score (nSPS) is 19.0. The number of ketones is 1. The van der Waals surface area contributed by atoms with Crippen LogP contribution in [0.2, 0.25) is 10.0 Å². The SMILES string of the molecule is CC(=O)c1nc(-c2cccc(Cl)c2Cl)c(N)nc1N1CCC2(CC1)Cc1ccccc1[C@H]2N. The van der Waals surface area contributed by atoms with Crippen LogP contribution < -0.4 is 16.4 Å². The van der Waals surface area contributed by atoms with E-state index in [0.29, 0.717) is 27.1 Å². The van der Waals surface area contributed by atoms with E-state index in [4.69, 9.17) is 34.7 Å². The summed E-state index contributed by atoms with van der Waals surface area (Å²) in [6, 6.07) is 13.7. The molecule has 0 amide bonds. The highest BCUT2D eigenvalue weighted by Crippen LogP contribution is 2.51. The summed E-state index contributed by atoms with van der Waals surface area (Å²) in [6.45, 7) is 2.95. The summed E-state index contributed by atoms with van der Waals surface area (Å²) < 4.78 is 0. The molecule has 4 N–H and O–H groups in total. The molecule has 1 saturated heterocycles. The third kappa shape index (κ3) is 3.66. The summed E-state index contributed by atoms with van der Waals surface area (Å²) in [6.07, 6.45) is 2.80. The molecule has 6 nitrogen and oxygen atoms in total. The average molecular weight is 482 g/mol. The lowest BCUT2D eigenvalue weighted by atomic mass is 9.73. The Labute approximate surface area is 202 Å². The number of rotatable bonds is 3. The number of nitrogens with two attached hydrogens (primary N) is 2. The van der Waals surface area contributed by atoms with E-state index < -0.39 is 0 Å². The lowest BCUT2D eigenvalue weighted by Crippen LogP contribution is -2.45. The van der Waals surface area contributed by atoms with Gasteiger partial charge in [0.2, 0.25) is 0 Å². The van der Waals surface area contributed by atoms with Gasteiger partial charge in [0.15, 0.2) is 17.4 Å². The predicted molar refractivity (Wildman–Crippen MR) is 133 cm³/mol. The lowest BCUT2D eigenvalue weighted by molar-refractivity contribution is 0.101. The summed E-state index contributed by atoms with van der Waals surface area (Å²) in [7, 11) is 0. The Bertz CT molecular complexity index is 1250. The first-order valence-corrected chi connectivity index (χ1v) is 11.8. The zero-order valence-corrected chi connectivity index (χ0v) is 19.8. The molecule has 5 rings (SSSR count). The molecule has 170 valence electrons. The Morgan fingerprint density at radius 1 is 1.09 bits per heavy atom. The zero-order valence-electron chi connectivity index (χ0n) is 18.3. The van der Waals surface area contributed by atoms with Crippen LogP contribution in [0, 0.1) is 5.41 Å². The fourth-order valence-electron chi connectivity index (χ4n) is 5.25.